The lowest BCUT2D eigenvalue weighted by atomic mass is 10.1. The SMILES string of the molecule is COc1ccc(/C=N\NC(=O)c2ccc(C)cc2OC)cc1OS(=O)(=O)c1ccccc1[N+](=O)[O-]. The molecule has 0 saturated heterocycles. The first-order valence-corrected chi connectivity index (χ1v) is 11.4. The zero-order valence-electron chi connectivity index (χ0n) is 18.9. The van der Waals surface area contributed by atoms with Crippen LogP contribution < -0.4 is 19.1 Å². The molecule has 0 heterocycles. The minimum Gasteiger partial charge on any atom is -0.496 e. The van der Waals surface area contributed by atoms with Crippen molar-refractivity contribution >= 4 is 27.9 Å². The van der Waals surface area contributed by atoms with Crippen LogP contribution in [0.1, 0.15) is 21.5 Å². The fourth-order valence-electron chi connectivity index (χ4n) is 3.03. The van der Waals surface area contributed by atoms with Crippen LogP contribution in [0.3, 0.4) is 0 Å². The van der Waals surface area contributed by atoms with Crippen LogP contribution in [0.2, 0.25) is 0 Å². The first-order valence-electron chi connectivity index (χ1n) is 10.00. The highest BCUT2D eigenvalue weighted by atomic mass is 32.2. The van der Waals surface area contributed by atoms with E-state index < -0.39 is 31.5 Å². The third-order valence-electron chi connectivity index (χ3n) is 4.70. The summed E-state index contributed by atoms with van der Waals surface area (Å²) in [5, 5.41) is 15.1. The van der Waals surface area contributed by atoms with Gasteiger partial charge in [-0.25, -0.2) is 5.43 Å². The first-order chi connectivity index (χ1) is 16.7. The van der Waals surface area contributed by atoms with Crippen LogP contribution in [0.15, 0.2) is 70.7 Å². The maximum absolute atomic E-state index is 12.8. The number of carbonyl (C=O) groups excluding carboxylic acids is 1. The van der Waals surface area contributed by atoms with Crippen LogP contribution in [-0.2, 0) is 10.1 Å². The Hall–Kier alpha value is -4.45. The monoisotopic (exact) mass is 499 g/mol. The van der Waals surface area contributed by atoms with E-state index in [2.05, 4.69) is 10.5 Å². The molecule has 3 aromatic carbocycles. The molecule has 0 aromatic heterocycles. The number of hydrogen-bond acceptors (Lipinski definition) is 9. The van der Waals surface area contributed by atoms with Crippen molar-refractivity contribution in [1.29, 1.82) is 0 Å². The molecule has 0 atom stereocenters. The van der Waals surface area contributed by atoms with Gasteiger partial charge in [-0.2, -0.15) is 13.5 Å². The predicted octanol–water partition coefficient (Wildman–Crippen LogP) is 3.45. The molecule has 0 spiro atoms. The van der Waals surface area contributed by atoms with Crippen LogP contribution in [0.4, 0.5) is 5.69 Å². The summed E-state index contributed by atoms with van der Waals surface area (Å²) in [7, 11) is -1.81. The Morgan fingerprint density at radius 3 is 2.40 bits per heavy atom. The van der Waals surface area contributed by atoms with Crippen LogP contribution in [0, 0.1) is 17.0 Å². The Kier molecular flexibility index (Phi) is 7.66. The second kappa shape index (κ2) is 10.7. The lowest BCUT2D eigenvalue weighted by Gasteiger charge is -2.11. The number of hydrazone groups is 1. The fourth-order valence-corrected chi connectivity index (χ4v) is 4.13. The van der Waals surface area contributed by atoms with Crippen molar-refractivity contribution in [3.63, 3.8) is 0 Å². The normalized spacial score (nSPS) is 11.2. The van der Waals surface area contributed by atoms with Gasteiger partial charge in [0.05, 0.1) is 30.9 Å². The van der Waals surface area contributed by atoms with E-state index in [0.29, 0.717) is 11.3 Å². The average Bonchev–Trinajstić information content (AvgIpc) is 2.83. The number of methoxy groups -OCH3 is 2. The Labute approximate surface area is 201 Å². The number of nitro groups is 1. The summed E-state index contributed by atoms with van der Waals surface area (Å²) in [6.45, 7) is 1.86. The van der Waals surface area contributed by atoms with E-state index in [0.717, 1.165) is 17.7 Å². The maximum Gasteiger partial charge on any atom is 0.346 e. The lowest BCUT2D eigenvalue weighted by Crippen LogP contribution is -2.18. The molecule has 0 aliphatic carbocycles. The molecule has 0 unspecified atom stereocenters. The average molecular weight is 500 g/mol. The van der Waals surface area contributed by atoms with E-state index in [1.54, 1.807) is 24.3 Å². The summed E-state index contributed by atoms with van der Waals surface area (Å²) in [6, 6.07) is 14.2. The van der Waals surface area contributed by atoms with E-state index in [1.165, 1.54) is 44.7 Å². The van der Waals surface area contributed by atoms with Gasteiger partial charge in [0.15, 0.2) is 16.4 Å². The molecule has 3 rings (SSSR count). The standard InChI is InChI=1S/C23H21N3O8S/c1-15-8-10-17(20(12-15)33-3)23(27)25-24-14-16-9-11-19(32-2)21(13-16)34-35(30,31)22-7-5-4-6-18(22)26(28)29/h4-14H,1-3H3,(H,25,27)/b24-14-. The summed E-state index contributed by atoms with van der Waals surface area (Å²) in [6.07, 6.45) is 1.27. The number of nitro benzene ring substituents is 1. The van der Waals surface area contributed by atoms with Crippen molar-refractivity contribution in [2.75, 3.05) is 14.2 Å². The second-order valence-electron chi connectivity index (χ2n) is 7.08. The van der Waals surface area contributed by atoms with Crippen LogP contribution in [0.5, 0.6) is 17.2 Å². The van der Waals surface area contributed by atoms with Gasteiger partial charge in [0.25, 0.3) is 11.6 Å². The molecule has 12 heteroatoms. The summed E-state index contributed by atoms with van der Waals surface area (Å²) in [5.74, 6) is -0.279. The molecule has 0 aliphatic heterocycles. The van der Waals surface area contributed by atoms with Crippen LogP contribution in [-0.4, -0.2) is 39.7 Å². The number of carbonyl (C=O) groups is 1. The predicted molar refractivity (Wildman–Crippen MR) is 127 cm³/mol. The molecule has 1 N–H and O–H groups in total. The molecule has 0 fully saturated rings. The second-order valence-corrected chi connectivity index (χ2v) is 8.59. The number of nitrogens with zero attached hydrogens (tertiary/aromatic N) is 2. The molecular formula is C23H21N3O8S. The van der Waals surface area contributed by atoms with E-state index in [4.69, 9.17) is 13.7 Å². The van der Waals surface area contributed by atoms with Crippen molar-refractivity contribution in [1.82, 2.24) is 5.43 Å². The summed E-state index contributed by atoms with van der Waals surface area (Å²) < 4.78 is 41.1. The Morgan fingerprint density at radius 1 is 1.00 bits per heavy atom. The number of nitrogens with one attached hydrogen (secondary N) is 1. The van der Waals surface area contributed by atoms with Gasteiger partial charge < -0.3 is 13.7 Å². The summed E-state index contributed by atoms with van der Waals surface area (Å²) in [5.41, 5.74) is 3.30. The highest BCUT2D eigenvalue weighted by molar-refractivity contribution is 7.87. The number of hydrogen-bond donors (Lipinski definition) is 1. The van der Waals surface area contributed by atoms with Gasteiger partial charge in [0.2, 0.25) is 0 Å². The van der Waals surface area contributed by atoms with E-state index in [9.17, 15) is 23.3 Å². The van der Waals surface area contributed by atoms with Gasteiger partial charge in [0, 0.05) is 6.07 Å². The zero-order valence-corrected chi connectivity index (χ0v) is 19.7. The highest BCUT2D eigenvalue weighted by Gasteiger charge is 2.28. The van der Waals surface area contributed by atoms with E-state index in [-0.39, 0.29) is 17.1 Å². The molecule has 0 saturated carbocycles. The molecule has 1 amide bonds. The molecule has 11 nitrogen and oxygen atoms in total. The van der Waals surface area contributed by atoms with E-state index in [1.807, 2.05) is 6.92 Å². The quantitative estimate of drug-likeness (QED) is 0.204. The van der Waals surface area contributed by atoms with Gasteiger partial charge in [-0.1, -0.05) is 18.2 Å². The molecule has 35 heavy (non-hydrogen) atoms. The number of para-hydroxylation sites is 1. The topological polar surface area (TPSA) is 146 Å². The number of ether oxygens (including phenoxy) is 2. The molecule has 3 aromatic rings. The number of rotatable bonds is 9. The van der Waals surface area contributed by atoms with Gasteiger partial charge >= 0.3 is 10.1 Å². The maximum atomic E-state index is 12.8. The minimum absolute atomic E-state index is 0.0673. The van der Waals surface area contributed by atoms with Gasteiger partial charge in [-0.05, 0) is 54.4 Å². The third-order valence-corrected chi connectivity index (χ3v) is 5.98. The molecule has 0 radical (unpaired) electrons. The van der Waals surface area contributed by atoms with Gasteiger partial charge in [0.1, 0.15) is 5.75 Å². The Bertz CT molecular complexity index is 1400. The molecule has 0 bridgehead atoms. The van der Waals surface area contributed by atoms with Crippen LogP contribution in [0.25, 0.3) is 0 Å². The van der Waals surface area contributed by atoms with Gasteiger partial charge in [-0.3, -0.25) is 14.9 Å². The minimum atomic E-state index is -4.57. The number of aryl methyl sites for hydroxylation is 1. The molecule has 182 valence electrons. The Morgan fingerprint density at radius 2 is 1.71 bits per heavy atom. The molecule has 0 aliphatic rings. The summed E-state index contributed by atoms with van der Waals surface area (Å²) >= 11 is 0. The van der Waals surface area contributed by atoms with Gasteiger partial charge in [-0.15, -0.1) is 0 Å². The van der Waals surface area contributed by atoms with Crippen molar-refractivity contribution in [2.45, 2.75) is 11.8 Å². The highest BCUT2D eigenvalue weighted by Crippen LogP contribution is 2.32. The third kappa shape index (κ3) is 5.92. The van der Waals surface area contributed by atoms with Crippen molar-refractivity contribution < 1.29 is 31.8 Å². The Balaban J connectivity index is 1.84. The van der Waals surface area contributed by atoms with E-state index >= 15 is 0 Å². The summed E-state index contributed by atoms with van der Waals surface area (Å²) in [4.78, 5) is 22.2. The smallest absolute Gasteiger partial charge is 0.346 e. The first kappa shape index (κ1) is 25.2. The van der Waals surface area contributed by atoms with Crippen molar-refractivity contribution in [2.24, 2.45) is 5.10 Å². The van der Waals surface area contributed by atoms with Crippen molar-refractivity contribution in [3.05, 3.63) is 87.5 Å². The number of benzene rings is 3. The van der Waals surface area contributed by atoms with Crippen molar-refractivity contribution in [3.8, 4) is 17.2 Å². The largest absolute Gasteiger partial charge is 0.496 e. The number of amides is 1. The van der Waals surface area contributed by atoms with Crippen LogP contribution >= 0.6 is 0 Å². The zero-order chi connectivity index (χ0) is 25.6. The molecular weight excluding hydrogens is 478 g/mol. The lowest BCUT2D eigenvalue weighted by molar-refractivity contribution is -0.387. The fraction of sp³-hybridized carbons (Fsp3) is 0.130.